The van der Waals surface area contributed by atoms with Crippen LogP contribution in [-0.2, 0) is 23.6 Å². The van der Waals surface area contributed by atoms with E-state index in [4.69, 9.17) is 0 Å². The Hall–Kier alpha value is -2.58. The van der Waals surface area contributed by atoms with Crippen molar-refractivity contribution in [3.05, 3.63) is 71.1 Å². The van der Waals surface area contributed by atoms with Gasteiger partial charge in [-0.05, 0) is 45.8 Å². The number of hydrogen-bond acceptors (Lipinski definition) is 5. The van der Waals surface area contributed by atoms with Crippen molar-refractivity contribution in [3.63, 3.8) is 0 Å². The van der Waals surface area contributed by atoms with E-state index < -0.39 is 10.8 Å². The molecule has 2 heterocycles. The summed E-state index contributed by atoms with van der Waals surface area (Å²) in [6.07, 6.45) is 1.51. The molecule has 136 valence electrons. The molecule has 0 saturated heterocycles. The molecule has 2 aromatic carbocycles. The summed E-state index contributed by atoms with van der Waals surface area (Å²) in [7, 11) is 0.751. The number of aryl methyl sites for hydroxylation is 1. The largest absolute Gasteiger partial charge is 0.339 e. The Morgan fingerprint density at radius 1 is 1.11 bits per heavy atom. The highest BCUT2D eigenvalue weighted by Gasteiger charge is 2.13. The van der Waals surface area contributed by atoms with Crippen molar-refractivity contribution >= 4 is 49.3 Å². The fourth-order valence-corrected chi connectivity index (χ4v) is 4.53. The highest BCUT2D eigenvalue weighted by molar-refractivity contribution is 9.10. The summed E-state index contributed by atoms with van der Waals surface area (Å²) in [6.45, 7) is 0. The van der Waals surface area contributed by atoms with Gasteiger partial charge in [0.1, 0.15) is 16.7 Å². The first kappa shape index (κ1) is 17.8. The van der Waals surface area contributed by atoms with Crippen LogP contribution >= 0.6 is 15.9 Å². The minimum Gasteiger partial charge on any atom is -0.339 e. The summed E-state index contributed by atoms with van der Waals surface area (Å²) in [5, 5.41) is 8.47. The molecule has 0 saturated carbocycles. The Morgan fingerprint density at radius 3 is 2.74 bits per heavy atom. The number of hydrogen-bond donors (Lipinski definition) is 1. The lowest BCUT2D eigenvalue weighted by atomic mass is 10.2. The Bertz CT molecular complexity index is 1130. The van der Waals surface area contributed by atoms with E-state index in [-0.39, 0.29) is 0 Å². The molecule has 6 nitrogen and oxygen atoms in total. The molecule has 0 aliphatic rings. The molecule has 1 atom stereocenters. The van der Waals surface area contributed by atoms with Crippen molar-refractivity contribution in [3.8, 4) is 0 Å². The second-order valence-electron chi connectivity index (χ2n) is 5.96. The number of fused-ring (bicyclic) bond motifs is 1. The van der Waals surface area contributed by atoms with Crippen LogP contribution in [0.1, 0.15) is 5.56 Å². The smallest absolute Gasteiger partial charge is 0.164 e. The van der Waals surface area contributed by atoms with Crippen LogP contribution in [0.25, 0.3) is 11.0 Å². The van der Waals surface area contributed by atoms with E-state index in [2.05, 4.69) is 36.3 Å². The van der Waals surface area contributed by atoms with Crippen molar-refractivity contribution in [2.75, 3.05) is 5.32 Å². The molecular formula is C19H16BrN5OS. The highest BCUT2D eigenvalue weighted by Crippen LogP contribution is 2.29. The topological polar surface area (TPSA) is 72.7 Å². The minimum atomic E-state index is -1.09. The minimum absolute atomic E-state index is 0.454. The van der Waals surface area contributed by atoms with E-state index in [1.54, 1.807) is 4.68 Å². The van der Waals surface area contributed by atoms with Crippen LogP contribution in [0.15, 0.2) is 70.4 Å². The average molecular weight is 442 g/mol. The zero-order valence-electron chi connectivity index (χ0n) is 14.5. The molecule has 1 unspecified atom stereocenters. The lowest BCUT2D eigenvalue weighted by Crippen LogP contribution is -1.99. The maximum atomic E-state index is 12.6. The summed E-state index contributed by atoms with van der Waals surface area (Å²) in [5.41, 5.74) is 2.59. The van der Waals surface area contributed by atoms with E-state index in [0.717, 1.165) is 27.2 Å². The Morgan fingerprint density at radius 2 is 1.93 bits per heavy atom. The van der Waals surface area contributed by atoms with Crippen LogP contribution < -0.4 is 5.32 Å². The number of halogens is 1. The van der Waals surface area contributed by atoms with Crippen molar-refractivity contribution in [2.24, 2.45) is 7.05 Å². The van der Waals surface area contributed by atoms with Gasteiger partial charge in [-0.2, -0.15) is 5.10 Å². The lowest BCUT2D eigenvalue weighted by molar-refractivity contribution is 0.682. The number of anilines is 2. The second kappa shape index (κ2) is 7.58. The number of rotatable bonds is 5. The van der Waals surface area contributed by atoms with Gasteiger partial charge in [-0.25, -0.2) is 14.6 Å². The van der Waals surface area contributed by atoms with Gasteiger partial charge in [0.15, 0.2) is 5.65 Å². The van der Waals surface area contributed by atoms with E-state index in [0.29, 0.717) is 16.2 Å². The van der Waals surface area contributed by atoms with Crippen molar-refractivity contribution in [1.82, 2.24) is 19.7 Å². The molecule has 27 heavy (non-hydrogen) atoms. The van der Waals surface area contributed by atoms with Crippen molar-refractivity contribution in [1.29, 1.82) is 0 Å². The summed E-state index contributed by atoms with van der Waals surface area (Å²) < 4.78 is 14.9. The maximum Gasteiger partial charge on any atom is 0.164 e. The standard InChI is InChI=1S/C19H16BrN5OS/c1-25-19-16(17(20)24-25)18(21-12-22-19)23-14-7-5-6-13(10-14)11-27(26)15-8-3-2-4-9-15/h2-10,12H,11H2,1H3,(H,21,22,23). The first-order valence-corrected chi connectivity index (χ1v) is 10.4. The molecular weight excluding hydrogens is 426 g/mol. The van der Waals surface area contributed by atoms with Crippen LogP contribution in [0.4, 0.5) is 11.5 Å². The van der Waals surface area contributed by atoms with Gasteiger partial charge in [0.2, 0.25) is 0 Å². The number of aromatic nitrogens is 4. The Labute approximate surface area is 167 Å². The van der Waals surface area contributed by atoms with Gasteiger partial charge in [-0.3, -0.25) is 4.21 Å². The maximum absolute atomic E-state index is 12.6. The molecule has 1 N–H and O–H groups in total. The molecule has 0 radical (unpaired) electrons. The first-order valence-electron chi connectivity index (χ1n) is 8.24. The lowest BCUT2D eigenvalue weighted by Gasteiger charge is -2.09. The monoisotopic (exact) mass is 441 g/mol. The highest BCUT2D eigenvalue weighted by atomic mass is 79.9. The zero-order chi connectivity index (χ0) is 18.8. The number of benzene rings is 2. The molecule has 4 aromatic rings. The fraction of sp³-hybridized carbons (Fsp3) is 0.105. The summed E-state index contributed by atoms with van der Waals surface area (Å²) >= 11 is 3.46. The van der Waals surface area contributed by atoms with Crippen molar-refractivity contribution in [2.45, 2.75) is 10.6 Å². The van der Waals surface area contributed by atoms with Crippen molar-refractivity contribution < 1.29 is 4.21 Å². The van der Waals surface area contributed by atoms with Crippen LogP contribution in [0.2, 0.25) is 0 Å². The third-order valence-electron chi connectivity index (χ3n) is 4.07. The Kier molecular flexibility index (Phi) is 5.00. The summed E-state index contributed by atoms with van der Waals surface area (Å²) in [5.74, 6) is 1.12. The fourth-order valence-electron chi connectivity index (χ4n) is 2.82. The Balaban J connectivity index is 1.60. The summed E-state index contributed by atoms with van der Waals surface area (Å²) in [6, 6.07) is 17.3. The van der Waals surface area contributed by atoms with Gasteiger partial charge in [0, 0.05) is 17.6 Å². The normalized spacial score (nSPS) is 12.2. The molecule has 4 rings (SSSR count). The van der Waals surface area contributed by atoms with Crippen LogP contribution in [0.5, 0.6) is 0 Å². The van der Waals surface area contributed by atoms with Gasteiger partial charge in [-0.15, -0.1) is 0 Å². The van der Waals surface area contributed by atoms with Gasteiger partial charge < -0.3 is 5.32 Å². The van der Waals surface area contributed by atoms with Gasteiger partial charge in [-0.1, -0.05) is 30.3 Å². The van der Waals surface area contributed by atoms with Crippen LogP contribution in [-0.4, -0.2) is 24.0 Å². The quantitative estimate of drug-likeness (QED) is 0.502. The average Bonchev–Trinajstić information content (AvgIpc) is 2.98. The van der Waals surface area contributed by atoms with Crippen LogP contribution in [0.3, 0.4) is 0 Å². The second-order valence-corrected chi connectivity index (χ2v) is 8.17. The molecule has 0 fully saturated rings. The molecule has 0 spiro atoms. The van der Waals surface area contributed by atoms with Gasteiger partial charge in [0.05, 0.1) is 21.9 Å². The third kappa shape index (κ3) is 3.77. The molecule has 0 aliphatic heterocycles. The molecule has 2 aromatic heterocycles. The van der Waals surface area contributed by atoms with E-state index in [1.165, 1.54) is 6.33 Å². The van der Waals surface area contributed by atoms with Gasteiger partial charge in [0.25, 0.3) is 0 Å². The first-order chi connectivity index (χ1) is 13.1. The SMILES string of the molecule is Cn1nc(Br)c2c(Nc3cccc(CS(=O)c4ccccc4)c3)ncnc21. The molecule has 0 aliphatic carbocycles. The van der Waals surface area contributed by atoms with E-state index in [9.17, 15) is 4.21 Å². The predicted molar refractivity (Wildman–Crippen MR) is 110 cm³/mol. The predicted octanol–water partition coefficient (Wildman–Crippen LogP) is 4.18. The van der Waals surface area contributed by atoms with Crippen LogP contribution in [0, 0.1) is 0 Å². The molecule has 8 heteroatoms. The third-order valence-corrected chi connectivity index (χ3v) is 6.02. The zero-order valence-corrected chi connectivity index (χ0v) is 16.9. The number of nitrogens with zero attached hydrogens (tertiary/aromatic N) is 4. The molecule has 0 bridgehead atoms. The van der Waals surface area contributed by atoms with Gasteiger partial charge >= 0.3 is 0 Å². The molecule has 0 amide bonds. The van der Waals surface area contributed by atoms with E-state index >= 15 is 0 Å². The number of nitrogens with one attached hydrogen (secondary N) is 1. The summed E-state index contributed by atoms with van der Waals surface area (Å²) in [4.78, 5) is 9.45. The van der Waals surface area contributed by atoms with E-state index in [1.807, 2.05) is 61.6 Å².